The summed E-state index contributed by atoms with van der Waals surface area (Å²) in [6.07, 6.45) is 0. The molecule has 0 aliphatic heterocycles. The lowest BCUT2D eigenvalue weighted by atomic mass is 10.1. The number of anilines is 1. The van der Waals surface area contributed by atoms with E-state index in [2.05, 4.69) is 0 Å². The Bertz CT molecular complexity index is 503. The van der Waals surface area contributed by atoms with Crippen molar-refractivity contribution < 1.29 is 18.7 Å². The van der Waals surface area contributed by atoms with E-state index < -0.39 is 23.5 Å². The van der Waals surface area contributed by atoms with E-state index in [0.717, 1.165) is 12.1 Å². The predicted octanol–water partition coefficient (Wildman–Crippen LogP) is 2.38. The fourth-order valence-electron chi connectivity index (χ4n) is 1.72. The SMILES string of the molecule is CCN(CC(C)C(=O)O)c1c(F)cc(C#N)cc1F. The number of carboxylic acid groups (broad SMARTS) is 1. The first-order valence-corrected chi connectivity index (χ1v) is 5.77. The monoisotopic (exact) mass is 268 g/mol. The summed E-state index contributed by atoms with van der Waals surface area (Å²) < 4.78 is 27.6. The second-order valence-corrected chi connectivity index (χ2v) is 4.18. The Balaban J connectivity index is 3.12. The van der Waals surface area contributed by atoms with Gasteiger partial charge in [-0.05, 0) is 19.1 Å². The van der Waals surface area contributed by atoms with Crippen molar-refractivity contribution in [2.75, 3.05) is 18.0 Å². The van der Waals surface area contributed by atoms with Gasteiger partial charge in [0.15, 0.2) is 11.6 Å². The molecule has 0 saturated heterocycles. The quantitative estimate of drug-likeness (QED) is 0.890. The zero-order valence-corrected chi connectivity index (χ0v) is 10.7. The van der Waals surface area contributed by atoms with E-state index >= 15 is 0 Å². The Morgan fingerprint density at radius 2 is 2.00 bits per heavy atom. The van der Waals surface area contributed by atoms with Gasteiger partial charge in [-0.15, -0.1) is 0 Å². The zero-order valence-electron chi connectivity index (χ0n) is 10.7. The highest BCUT2D eigenvalue weighted by atomic mass is 19.1. The number of carbonyl (C=O) groups is 1. The van der Waals surface area contributed by atoms with Gasteiger partial charge in [0.05, 0.1) is 17.6 Å². The van der Waals surface area contributed by atoms with Gasteiger partial charge in [-0.3, -0.25) is 4.79 Å². The second kappa shape index (κ2) is 6.14. The Morgan fingerprint density at radius 3 is 2.37 bits per heavy atom. The maximum Gasteiger partial charge on any atom is 0.308 e. The highest BCUT2D eigenvalue weighted by molar-refractivity contribution is 5.70. The van der Waals surface area contributed by atoms with Crippen LogP contribution < -0.4 is 4.90 Å². The summed E-state index contributed by atoms with van der Waals surface area (Å²) in [5.74, 6) is -3.52. The molecule has 0 aliphatic carbocycles. The molecule has 1 aromatic rings. The van der Waals surface area contributed by atoms with E-state index in [1.165, 1.54) is 11.8 Å². The number of carboxylic acids is 1. The Kier molecular flexibility index (Phi) is 4.81. The van der Waals surface area contributed by atoms with Gasteiger partial charge in [0, 0.05) is 13.1 Å². The average molecular weight is 268 g/mol. The number of rotatable bonds is 5. The van der Waals surface area contributed by atoms with Crippen LogP contribution in [0.25, 0.3) is 0 Å². The maximum atomic E-state index is 13.8. The largest absolute Gasteiger partial charge is 0.481 e. The molecule has 1 unspecified atom stereocenters. The van der Waals surface area contributed by atoms with E-state index in [-0.39, 0.29) is 24.3 Å². The van der Waals surface area contributed by atoms with E-state index in [0.29, 0.717) is 0 Å². The minimum absolute atomic E-state index is 0.00836. The predicted molar refractivity (Wildman–Crippen MR) is 65.8 cm³/mol. The van der Waals surface area contributed by atoms with Gasteiger partial charge < -0.3 is 10.0 Å². The molecule has 4 nitrogen and oxygen atoms in total. The van der Waals surface area contributed by atoms with Crippen molar-refractivity contribution >= 4 is 11.7 Å². The molecule has 0 bridgehead atoms. The van der Waals surface area contributed by atoms with Gasteiger partial charge in [0.2, 0.25) is 0 Å². The van der Waals surface area contributed by atoms with Crippen LogP contribution in [0.2, 0.25) is 0 Å². The molecule has 0 saturated carbocycles. The molecule has 0 fully saturated rings. The molecule has 19 heavy (non-hydrogen) atoms. The van der Waals surface area contributed by atoms with Crippen LogP contribution in [0.15, 0.2) is 12.1 Å². The number of nitriles is 1. The zero-order chi connectivity index (χ0) is 14.6. The Hall–Kier alpha value is -2.16. The van der Waals surface area contributed by atoms with Gasteiger partial charge in [-0.25, -0.2) is 8.78 Å². The van der Waals surface area contributed by atoms with Crippen LogP contribution in [-0.2, 0) is 4.79 Å². The number of nitrogens with zero attached hydrogens (tertiary/aromatic N) is 2. The maximum absolute atomic E-state index is 13.8. The minimum atomic E-state index is -1.03. The van der Waals surface area contributed by atoms with Crippen molar-refractivity contribution in [3.05, 3.63) is 29.3 Å². The Labute approximate surface area is 109 Å². The van der Waals surface area contributed by atoms with Gasteiger partial charge in [-0.2, -0.15) is 5.26 Å². The molecule has 0 spiro atoms. The molecule has 1 aromatic carbocycles. The van der Waals surface area contributed by atoms with Crippen molar-refractivity contribution in [1.82, 2.24) is 0 Å². The third-order valence-corrected chi connectivity index (χ3v) is 2.76. The van der Waals surface area contributed by atoms with Crippen molar-refractivity contribution in [2.45, 2.75) is 13.8 Å². The topological polar surface area (TPSA) is 64.3 Å². The van der Waals surface area contributed by atoms with Crippen LogP contribution >= 0.6 is 0 Å². The minimum Gasteiger partial charge on any atom is -0.481 e. The summed E-state index contributed by atoms with van der Waals surface area (Å²) in [5, 5.41) is 17.5. The van der Waals surface area contributed by atoms with E-state index in [1.54, 1.807) is 13.0 Å². The van der Waals surface area contributed by atoms with Crippen LogP contribution in [0.4, 0.5) is 14.5 Å². The lowest BCUT2D eigenvalue weighted by Crippen LogP contribution is -2.33. The molecular formula is C13H14F2N2O2. The highest BCUT2D eigenvalue weighted by Gasteiger charge is 2.21. The van der Waals surface area contributed by atoms with Crippen LogP contribution in [0, 0.1) is 28.9 Å². The molecule has 0 aliphatic rings. The van der Waals surface area contributed by atoms with Gasteiger partial charge in [0.25, 0.3) is 0 Å². The second-order valence-electron chi connectivity index (χ2n) is 4.18. The molecule has 1 atom stereocenters. The summed E-state index contributed by atoms with van der Waals surface area (Å²) >= 11 is 0. The lowest BCUT2D eigenvalue weighted by molar-refractivity contribution is -0.140. The number of benzene rings is 1. The number of aliphatic carboxylic acids is 1. The number of halogens is 2. The van der Waals surface area contributed by atoms with Crippen molar-refractivity contribution in [3.8, 4) is 6.07 Å². The van der Waals surface area contributed by atoms with Crippen molar-refractivity contribution in [3.63, 3.8) is 0 Å². The third kappa shape index (κ3) is 3.41. The first-order valence-electron chi connectivity index (χ1n) is 5.77. The molecule has 1 N–H and O–H groups in total. The van der Waals surface area contributed by atoms with Crippen LogP contribution in [-0.4, -0.2) is 24.2 Å². The molecule has 6 heteroatoms. The summed E-state index contributed by atoms with van der Waals surface area (Å²) in [6.45, 7) is 3.39. The first kappa shape index (κ1) is 14.9. The fourth-order valence-corrected chi connectivity index (χ4v) is 1.72. The van der Waals surface area contributed by atoms with Gasteiger partial charge in [-0.1, -0.05) is 6.92 Å². The van der Waals surface area contributed by atoms with Crippen LogP contribution in [0.3, 0.4) is 0 Å². The Morgan fingerprint density at radius 1 is 1.47 bits per heavy atom. The van der Waals surface area contributed by atoms with E-state index in [4.69, 9.17) is 10.4 Å². The van der Waals surface area contributed by atoms with Crippen LogP contribution in [0.1, 0.15) is 19.4 Å². The average Bonchev–Trinajstić information content (AvgIpc) is 2.35. The van der Waals surface area contributed by atoms with Crippen molar-refractivity contribution in [2.24, 2.45) is 5.92 Å². The molecule has 0 aromatic heterocycles. The molecular weight excluding hydrogens is 254 g/mol. The molecule has 0 radical (unpaired) electrons. The van der Waals surface area contributed by atoms with E-state index in [1.807, 2.05) is 0 Å². The van der Waals surface area contributed by atoms with E-state index in [9.17, 15) is 13.6 Å². The normalized spacial score (nSPS) is 11.7. The van der Waals surface area contributed by atoms with Crippen LogP contribution in [0.5, 0.6) is 0 Å². The standard InChI is InChI=1S/C13H14F2N2O2/c1-3-17(7-8(2)13(18)19)12-10(14)4-9(6-16)5-11(12)15/h4-5,8H,3,7H2,1-2H3,(H,18,19). The summed E-state index contributed by atoms with van der Waals surface area (Å²) in [7, 11) is 0. The third-order valence-electron chi connectivity index (χ3n) is 2.76. The molecule has 1 rings (SSSR count). The highest BCUT2D eigenvalue weighted by Crippen LogP contribution is 2.25. The summed E-state index contributed by atoms with van der Waals surface area (Å²) in [4.78, 5) is 12.1. The fraction of sp³-hybridized carbons (Fsp3) is 0.385. The lowest BCUT2D eigenvalue weighted by Gasteiger charge is -2.25. The smallest absolute Gasteiger partial charge is 0.308 e. The number of hydrogen-bond acceptors (Lipinski definition) is 3. The van der Waals surface area contributed by atoms with Gasteiger partial charge in [0.1, 0.15) is 5.69 Å². The van der Waals surface area contributed by atoms with Crippen molar-refractivity contribution in [1.29, 1.82) is 5.26 Å². The molecule has 0 heterocycles. The van der Waals surface area contributed by atoms with Gasteiger partial charge >= 0.3 is 5.97 Å². The molecule has 0 amide bonds. The number of hydrogen-bond donors (Lipinski definition) is 1. The summed E-state index contributed by atoms with van der Waals surface area (Å²) in [5.41, 5.74) is -0.407. The molecule has 102 valence electrons. The summed E-state index contributed by atoms with van der Waals surface area (Å²) in [6, 6.07) is 3.53. The first-order chi connectivity index (χ1) is 8.90.